The Morgan fingerprint density at radius 2 is 2.18 bits per heavy atom. The Balaban J connectivity index is 2.56. The predicted molar refractivity (Wildman–Crippen MR) is 59.5 cm³/mol. The van der Waals surface area contributed by atoms with Crippen molar-refractivity contribution in [3.8, 4) is 0 Å². The van der Waals surface area contributed by atoms with Crippen molar-refractivity contribution in [1.29, 1.82) is 0 Å². The maximum absolute atomic E-state index is 11.4. The number of aromatic nitrogens is 3. The summed E-state index contributed by atoms with van der Waals surface area (Å²) in [6.07, 6.45) is 0.0894. The molecule has 1 N–H and O–H groups in total. The SMILES string of the molecule is Cn1nnc(CNC(=O)OC(C)(C)C)c1C=O. The number of carbonyl (C=O) groups is 2. The summed E-state index contributed by atoms with van der Waals surface area (Å²) in [7, 11) is 1.60. The van der Waals surface area contributed by atoms with Gasteiger partial charge in [0.15, 0.2) is 6.29 Å². The molecule has 94 valence electrons. The number of nitrogens with zero attached hydrogens (tertiary/aromatic N) is 3. The molecule has 1 aromatic heterocycles. The van der Waals surface area contributed by atoms with Gasteiger partial charge in [0.2, 0.25) is 0 Å². The van der Waals surface area contributed by atoms with E-state index in [-0.39, 0.29) is 6.54 Å². The van der Waals surface area contributed by atoms with E-state index in [4.69, 9.17) is 4.74 Å². The first-order chi connectivity index (χ1) is 7.83. The molecule has 1 rings (SSSR count). The van der Waals surface area contributed by atoms with E-state index in [1.807, 2.05) is 0 Å². The van der Waals surface area contributed by atoms with Crippen molar-refractivity contribution in [2.24, 2.45) is 7.05 Å². The van der Waals surface area contributed by atoms with Crippen LogP contribution in [0.3, 0.4) is 0 Å². The van der Waals surface area contributed by atoms with Crippen molar-refractivity contribution in [3.63, 3.8) is 0 Å². The lowest BCUT2D eigenvalue weighted by atomic mass is 10.2. The molecule has 0 radical (unpaired) electrons. The van der Waals surface area contributed by atoms with Gasteiger partial charge in [0.1, 0.15) is 17.0 Å². The second-order valence-electron chi connectivity index (χ2n) is 4.52. The first-order valence-corrected chi connectivity index (χ1v) is 5.14. The predicted octanol–water partition coefficient (Wildman–Crippen LogP) is 0.652. The second kappa shape index (κ2) is 4.94. The summed E-state index contributed by atoms with van der Waals surface area (Å²) < 4.78 is 6.39. The number of amides is 1. The molecule has 0 fully saturated rings. The van der Waals surface area contributed by atoms with Crippen LogP contribution in [0.2, 0.25) is 0 Å². The Kier molecular flexibility index (Phi) is 3.82. The summed E-state index contributed by atoms with van der Waals surface area (Å²) in [5, 5.41) is 9.96. The minimum Gasteiger partial charge on any atom is -0.444 e. The number of ether oxygens (including phenoxy) is 1. The molecule has 1 heterocycles. The Labute approximate surface area is 99.1 Å². The van der Waals surface area contributed by atoms with Crippen LogP contribution >= 0.6 is 0 Å². The van der Waals surface area contributed by atoms with Crippen LogP contribution in [0.4, 0.5) is 4.79 Å². The zero-order valence-corrected chi connectivity index (χ0v) is 10.4. The molecule has 7 nitrogen and oxygen atoms in total. The highest BCUT2D eigenvalue weighted by Gasteiger charge is 2.17. The van der Waals surface area contributed by atoms with Gasteiger partial charge in [0.05, 0.1) is 6.54 Å². The van der Waals surface area contributed by atoms with Gasteiger partial charge in [0, 0.05) is 7.05 Å². The minimum absolute atomic E-state index is 0.108. The normalized spacial score (nSPS) is 11.1. The second-order valence-corrected chi connectivity index (χ2v) is 4.52. The van der Waals surface area contributed by atoms with Crippen molar-refractivity contribution in [2.75, 3.05) is 0 Å². The number of rotatable bonds is 3. The fraction of sp³-hybridized carbons (Fsp3) is 0.600. The number of hydrogen-bond donors (Lipinski definition) is 1. The molecule has 0 bridgehead atoms. The third-order valence-corrected chi connectivity index (χ3v) is 1.85. The quantitative estimate of drug-likeness (QED) is 0.784. The maximum Gasteiger partial charge on any atom is 0.407 e. The van der Waals surface area contributed by atoms with Crippen LogP contribution in [0.1, 0.15) is 37.0 Å². The molecule has 0 saturated carbocycles. The zero-order chi connectivity index (χ0) is 13.1. The summed E-state index contributed by atoms with van der Waals surface area (Å²) in [5.41, 5.74) is 0.189. The van der Waals surface area contributed by atoms with Gasteiger partial charge in [-0.3, -0.25) is 4.79 Å². The van der Waals surface area contributed by atoms with E-state index in [9.17, 15) is 9.59 Å². The standard InChI is InChI=1S/C10H16N4O3/c1-10(2,3)17-9(16)11-5-7-8(6-15)14(4)13-12-7/h6H,5H2,1-4H3,(H,11,16). The van der Waals surface area contributed by atoms with Crippen molar-refractivity contribution in [1.82, 2.24) is 20.3 Å². The van der Waals surface area contributed by atoms with E-state index in [2.05, 4.69) is 15.6 Å². The van der Waals surface area contributed by atoms with E-state index in [1.54, 1.807) is 27.8 Å². The van der Waals surface area contributed by atoms with Crippen LogP contribution in [0, 0.1) is 0 Å². The van der Waals surface area contributed by atoms with E-state index in [0.29, 0.717) is 17.7 Å². The lowest BCUT2D eigenvalue weighted by molar-refractivity contribution is 0.0522. The van der Waals surface area contributed by atoms with Crippen molar-refractivity contribution >= 4 is 12.4 Å². The Morgan fingerprint density at radius 3 is 2.71 bits per heavy atom. The number of aldehydes is 1. The summed E-state index contributed by atoms with van der Waals surface area (Å²) in [5.74, 6) is 0. The number of carbonyl (C=O) groups excluding carboxylic acids is 2. The third-order valence-electron chi connectivity index (χ3n) is 1.85. The van der Waals surface area contributed by atoms with Crippen molar-refractivity contribution < 1.29 is 14.3 Å². The van der Waals surface area contributed by atoms with Gasteiger partial charge >= 0.3 is 6.09 Å². The fourth-order valence-electron chi connectivity index (χ4n) is 1.15. The maximum atomic E-state index is 11.4. The van der Waals surface area contributed by atoms with Gasteiger partial charge in [-0.15, -0.1) is 5.10 Å². The van der Waals surface area contributed by atoms with E-state index < -0.39 is 11.7 Å². The number of nitrogens with one attached hydrogen (secondary N) is 1. The van der Waals surface area contributed by atoms with Crippen LogP contribution in [0.25, 0.3) is 0 Å². The van der Waals surface area contributed by atoms with Crippen LogP contribution in [-0.4, -0.2) is 33.0 Å². The van der Waals surface area contributed by atoms with Crippen LogP contribution in [0.15, 0.2) is 0 Å². The lowest BCUT2D eigenvalue weighted by Crippen LogP contribution is -2.32. The smallest absolute Gasteiger partial charge is 0.407 e. The van der Waals surface area contributed by atoms with Crippen LogP contribution in [0.5, 0.6) is 0 Å². The Bertz CT molecular complexity index is 420. The van der Waals surface area contributed by atoms with Gasteiger partial charge in [-0.05, 0) is 20.8 Å². The van der Waals surface area contributed by atoms with Gasteiger partial charge < -0.3 is 10.1 Å². The van der Waals surface area contributed by atoms with Crippen LogP contribution < -0.4 is 5.32 Å². The molecule has 7 heteroatoms. The monoisotopic (exact) mass is 240 g/mol. The third kappa shape index (κ3) is 3.86. The highest BCUT2D eigenvalue weighted by Crippen LogP contribution is 2.07. The largest absolute Gasteiger partial charge is 0.444 e. The fourth-order valence-corrected chi connectivity index (χ4v) is 1.15. The molecule has 0 unspecified atom stereocenters. The highest BCUT2D eigenvalue weighted by molar-refractivity contribution is 5.74. The topological polar surface area (TPSA) is 86.1 Å². The zero-order valence-electron chi connectivity index (χ0n) is 10.4. The highest BCUT2D eigenvalue weighted by atomic mass is 16.6. The molecule has 0 aromatic carbocycles. The summed E-state index contributed by atoms with van der Waals surface area (Å²) in [4.78, 5) is 22.1. The van der Waals surface area contributed by atoms with Gasteiger partial charge in [-0.2, -0.15) is 0 Å². The van der Waals surface area contributed by atoms with Crippen molar-refractivity contribution in [3.05, 3.63) is 11.4 Å². The van der Waals surface area contributed by atoms with E-state index >= 15 is 0 Å². The first kappa shape index (κ1) is 13.1. The Morgan fingerprint density at radius 1 is 1.53 bits per heavy atom. The molecule has 0 spiro atoms. The molecule has 0 saturated heterocycles. The molecular formula is C10H16N4O3. The van der Waals surface area contributed by atoms with Gasteiger partial charge in [0.25, 0.3) is 0 Å². The molecule has 0 aliphatic carbocycles. The summed E-state index contributed by atoms with van der Waals surface area (Å²) in [6, 6.07) is 0. The minimum atomic E-state index is -0.556. The molecule has 0 aliphatic rings. The summed E-state index contributed by atoms with van der Waals surface area (Å²) in [6.45, 7) is 5.42. The van der Waals surface area contributed by atoms with Gasteiger partial charge in [-0.25, -0.2) is 9.48 Å². The molecule has 0 atom stereocenters. The molecule has 0 aliphatic heterocycles. The number of hydrogen-bond acceptors (Lipinski definition) is 5. The van der Waals surface area contributed by atoms with Crippen molar-refractivity contribution in [2.45, 2.75) is 32.9 Å². The first-order valence-electron chi connectivity index (χ1n) is 5.14. The average Bonchev–Trinajstić information content (AvgIpc) is 2.53. The van der Waals surface area contributed by atoms with E-state index in [0.717, 1.165) is 0 Å². The summed E-state index contributed by atoms with van der Waals surface area (Å²) >= 11 is 0. The van der Waals surface area contributed by atoms with E-state index in [1.165, 1.54) is 4.68 Å². The Hall–Kier alpha value is -1.92. The lowest BCUT2D eigenvalue weighted by Gasteiger charge is -2.19. The molecule has 1 aromatic rings. The van der Waals surface area contributed by atoms with Gasteiger partial charge in [-0.1, -0.05) is 5.21 Å². The number of aryl methyl sites for hydroxylation is 1. The van der Waals surface area contributed by atoms with Crippen LogP contribution in [-0.2, 0) is 18.3 Å². The average molecular weight is 240 g/mol. The molecule has 17 heavy (non-hydrogen) atoms. The molecule has 1 amide bonds. The molecular weight excluding hydrogens is 224 g/mol. The number of alkyl carbamates (subject to hydrolysis) is 1.